The first-order valence-electron chi connectivity index (χ1n) is 7.08. The predicted molar refractivity (Wildman–Crippen MR) is 80.2 cm³/mol. The number of para-hydroxylation sites is 1. The molecule has 0 spiro atoms. The number of hydrogen-bond donors (Lipinski definition) is 0. The smallest absolute Gasteiger partial charge is 0.0405 e. The van der Waals surface area contributed by atoms with Crippen molar-refractivity contribution in [2.45, 2.75) is 66.0 Å². The van der Waals surface area contributed by atoms with Crippen LogP contribution in [0.3, 0.4) is 0 Å². The van der Waals surface area contributed by atoms with Crippen LogP contribution in [-0.2, 0) is 6.42 Å². The molecule has 0 N–H and O–H groups in total. The maximum Gasteiger partial charge on any atom is 0.0405 e. The van der Waals surface area contributed by atoms with Gasteiger partial charge in [-0.3, -0.25) is 0 Å². The van der Waals surface area contributed by atoms with Crippen molar-refractivity contribution in [1.82, 2.24) is 0 Å². The Bertz CT molecular complexity index is 420. The Balaban J connectivity index is 2.50. The molecule has 0 amide bonds. The molecule has 0 saturated heterocycles. The normalized spacial score (nSPS) is 20.8. The highest BCUT2D eigenvalue weighted by atomic mass is 15.2. The molecule has 0 fully saturated rings. The molecule has 1 atom stereocenters. The first-order valence-corrected chi connectivity index (χ1v) is 7.08. The van der Waals surface area contributed by atoms with Gasteiger partial charge in [0.1, 0.15) is 0 Å². The molecular weight excluding hydrogens is 218 g/mol. The van der Waals surface area contributed by atoms with Crippen molar-refractivity contribution in [1.29, 1.82) is 0 Å². The van der Waals surface area contributed by atoms with E-state index in [2.05, 4.69) is 70.7 Å². The summed E-state index contributed by atoms with van der Waals surface area (Å²) in [6.45, 7) is 14.1. The van der Waals surface area contributed by atoms with Gasteiger partial charge in [-0.05, 0) is 50.7 Å². The Morgan fingerprint density at radius 1 is 1.00 bits per heavy atom. The van der Waals surface area contributed by atoms with Crippen LogP contribution in [0.2, 0.25) is 0 Å². The average Bonchev–Trinajstić information content (AvgIpc) is 2.24. The predicted octanol–water partition coefficient (Wildman–Crippen LogP) is 4.65. The molecule has 1 aromatic rings. The van der Waals surface area contributed by atoms with Gasteiger partial charge in [-0.15, -0.1) is 0 Å². The zero-order valence-electron chi connectivity index (χ0n) is 12.7. The van der Waals surface area contributed by atoms with Crippen LogP contribution in [0.5, 0.6) is 0 Å². The third kappa shape index (κ3) is 2.41. The summed E-state index contributed by atoms with van der Waals surface area (Å²) in [4.78, 5) is 2.64. The summed E-state index contributed by atoms with van der Waals surface area (Å²) in [6.07, 6.45) is 2.47. The summed E-state index contributed by atoms with van der Waals surface area (Å²) < 4.78 is 0. The van der Waals surface area contributed by atoms with Gasteiger partial charge in [0, 0.05) is 17.3 Å². The number of fused-ring (bicyclic) bond motifs is 1. The van der Waals surface area contributed by atoms with Crippen LogP contribution < -0.4 is 4.90 Å². The monoisotopic (exact) mass is 245 g/mol. The van der Waals surface area contributed by atoms with Gasteiger partial charge in [-0.2, -0.15) is 0 Å². The topological polar surface area (TPSA) is 3.24 Å². The molecule has 1 aromatic carbocycles. The Morgan fingerprint density at radius 3 is 2.17 bits per heavy atom. The van der Waals surface area contributed by atoms with E-state index in [4.69, 9.17) is 0 Å². The lowest BCUT2D eigenvalue weighted by Crippen LogP contribution is -2.55. The van der Waals surface area contributed by atoms with E-state index in [0.717, 1.165) is 0 Å². The number of nitrogens with zero attached hydrogens (tertiary/aromatic N) is 1. The first-order chi connectivity index (χ1) is 8.21. The van der Waals surface area contributed by atoms with Crippen molar-refractivity contribution < 1.29 is 0 Å². The van der Waals surface area contributed by atoms with Crippen molar-refractivity contribution >= 4 is 5.69 Å². The van der Waals surface area contributed by atoms with Gasteiger partial charge < -0.3 is 4.90 Å². The molecule has 1 aliphatic rings. The van der Waals surface area contributed by atoms with Crippen LogP contribution in [0.15, 0.2) is 24.3 Å². The molecule has 2 rings (SSSR count). The second-order valence-corrected chi connectivity index (χ2v) is 7.59. The minimum atomic E-state index is 0.175. The minimum Gasteiger partial charge on any atom is -0.363 e. The van der Waals surface area contributed by atoms with Gasteiger partial charge in [0.15, 0.2) is 0 Å². The van der Waals surface area contributed by atoms with Crippen molar-refractivity contribution in [3.63, 3.8) is 0 Å². The Labute approximate surface area is 112 Å². The van der Waals surface area contributed by atoms with Crippen LogP contribution in [0.25, 0.3) is 0 Å². The quantitative estimate of drug-likeness (QED) is 0.643. The van der Waals surface area contributed by atoms with Crippen LogP contribution in [0.4, 0.5) is 5.69 Å². The summed E-state index contributed by atoms with van der Waals surface area (Å²) in [6, 6.07) is 9.53. The van der Waals surface area contributed by atoms with Gasteiger partial charge in [0.25, 0.3) is 0 Å². The fourth-order valence-electron chi connectivity index (χ4n) is 3.20. The van der Waals surface area contributed by atoms with Gasteiger partial charge in [0.05, 0.1) is 0 Å². The van der Waals surface area contributed by atoms with E-state index in [-0.39, 0.29) is 5.54 Å². The third-order valence-electron chi connectivity index (χ3n) is 3.97. The maximum atomic E-state index is 2.64. The Morgan fingerprint density at radius 2 is 1.61 bits per heavy atom. The van der Waals surface area contributed by atoms with Gasteiger partial charge in [0.2, 0.25) is 0 Å². The lowest BCUT2D eigenvalue weighted by atomic mass is 9.77. The molecule has 1 aliphatic heterocycles. The fourth-order valence-corrected chi connectivity index (χ4v) is 3.20. The third-order valence-corrected chi connectivity index (χ3v) is 3.97. The molecule has 18 heavy (non-hydrogen) atoms. The zero-order valence-corrected chi connectivity index (χ0v) is 12.7. The number of anilines is 1. The molecule has 1 unspecified atom stereocenters. The van der Waals surface area contributed by atoms with E-state index in [0.29, 0.717) is 11.5 Å². The molecule has 0 aliphatic carbocycles. The molecule has 1 nitrogen and oxygen atoms in total. The molecule has 100 valence electrons. The van der Waals surface area contributed by atoms with E-state index in [1.807, 2.05) is 0 Å². The minimum absolute atomic E-state index is 0.175. The molecule has 0 saturated carbocycles. The van der Waals surface area contributed by atoms with Crippen LogP contribution in [-0.4, -0.2) is 11.6 Å². The van der Waals surface area contributed by atoms with Crippen LogP contribution >= 0.6 is 0 Å². The van der Waals surface area contributed by atoms with E-state index in [1.54, 1.807) is 0 Å². The maximum absolute atomic E-state index is 2.64. The highest BCUT2D eigenvalue weighted by molar-refractivity contribution is 5.58. The molecular formula is C17H27N. The molecule has 0 radical (unpaired) electrons. The van der Waals surface area contributed by atoms with E-state index >= 15 is 0 Å². The molecule has 1 heterocycles. The lowest BCUT2D eigenvalue weighted by molar-refractivity contribution is 0.246. The van der Waals surface area contributed by atoms with Gasteiger partial charge in [-0.25, -0.2) is 0 Å². The molecule has 0 bridgehead atoms. The number of hydrogen-bond acceptors (Lipinski definition) is 1. The zero-order chi connectivity index (χ0) is 13.6. The SMILES string of the molecule is CC(C)(C)C1CCc2ccccc2N1C(C)(C)C. The lowest BCUT2D eigenvalue weighted by Gasteiger charge is -2.52. The van der Waals surface area contributed by atoms with E-state index < -0.39 is 0 Å². The van der Waals surface area contributed by atoms with Gasteiger partial charge in [-0.1, -0.05) is 39.0 Å². The largest absolute Gasteiger partial charge is 0.363 e. The summed E-state index contributed by atoms with van der Waals surface area (Å²) in [7, 11) is 0. The van der Waals surface area contributed by atoms with E-state index in [9.17, 15) is 0 Å². The van der Waals surface area contributed by atoms with E-state index in [1.165, 1.54) is 24.1 Å². The summed E-state index contributed by atoms with van der Waals surface area (Å²) >= 11 is 0. The first kappa shape index (κ1) is 13.5. The van der Waals surface area contributed by atoms with Crippen molar-refractivity contribution in [2.75, 3.05) is 4.90 Å². The van der Waals surface area contributed by atoms with Crippen LogP contribution in [0.1, 0.15) is 53.5 Å². The number of rotatable bonds is 0. The van der Waals surface area contributed by atoms with Crippen molar-refractivity contribution in [2.24, 2.45) is 5.41 Å². The van der Waals surface area contributed by atoms with Crippen molar-refractivity contribution in [3.05, 3.63) is 29.8 Å². The standard InChI is InChI=1S/C17H27N/c1-16(2,3)15-12-11-13-9-7-8-10-14(13)18(15)17(4,5)6/h7-10,15H,11-12H2,1-6H3. The highest BCUT2D eigenvalue weighted by Gasteiger charge is 2.39. The fraction of sp³-hybridized carbons (Fsp3) is 0.647. The Kier molecular flexibility index (Phi) is 3.21. The molecule has 0 aromatic heterocycles. The summed E-state index contributed by atoms with van der Waals surface area (Å²) in [5, 5.41) is 0. The second-order valence-electron chi connectivity index (χ2n) is 7.59. The average molecular weight is 245 g/mol. The second kappa shape index (κ2) is 4.29. The number of benzene rings is 1. The summed E-state index contributed by atoms with van der Waals surface area (Å²) in [5.74, 6) is 0. The Hall–Kier alpha value is -0.980. The number of aryl methyl sites for hydroxylation is 1. The summed E-state index contributed by atoms with van der Waals surface area (Å²) in [5.41, 5.74) is 3.44. The molecule has 1 heteroatoms. The van der Waals surface area contributed by atoms with Gasteiger partial charge >= 0.3 is 0 Å². The van der Waals surface area contributed by atoms with Crippen LogP contribution in [0, 0.1) is 5.41 Å². The van der Waals surface area contributed by atoms with Crippen molar-refractivity contribution in [3.8, 4) is 0 Å². The highest BCUT2D eigenvalue weighted by Crippen LogP contribution is 2.41.